The Labute approximate surface area is 138 Å². The molecule has 0 spiro atoms. The Balaban J connectivity index is 1.92. The molecule has 0 bridgehead atoms. The topological polar surface area (TPSA) is 59.4 Å². The molecular weight excluding hydrogens is 286 g/mol. The van der Waals surface area contributed by atoms with Gasteiger partial charge in [-0.1, -0.05) is 18.2 Å². The summed E-state index contributed by atoms with van der Waals surface area (Å²) < 4.78 is 1.94. The first-order chi connectivity index (χ1) is 11.2. The first-order valence-electron chi connectivity index (χ1n) is 8.31. The van der Waals surface area contributed by atoms with Gasteiger partial charge in [0.1, 0.15) is 0 Å². The average molecular weight is 313 g/mol. The number of aliphatic imine (C=N–C) groups is 1. The highest BCUT2D eigenvalue weighted by Crippen LogP contribution is 2.13. The molecular formula is C18H27N5. The van der Waals surface area contributed by atoms with E-state index in [0.29, 0.717) is 5.96 Å². The zero-order valence-corrected chi connectivity index (χ0v) is 14.4. The lowest BCUT2D eigenvalue weighted by atomic mass is 10.1. The summed E-state index contributed by atoms with van der Waals surface area (Å²) >= 11 is 0. The van der Waals surface area contributed by atoms with Crippen molar-refractivity contribution >= 4 is 5.96 Å². The van der Waals surface area contributed by atoms with Gasteiger partial charge in [-0.2, -0.15) is 5.10 Å². The fourth-order valence-corrected chi connectivity index (χ4v) is 2.56. The van der Waals surface area contributed by atoms with Crippen LogP contribution < -0.4 is 5.73 Å². The van der Waals surface area contributed by atoms with Gasteiger partial charge >= 0.3 is 0 Å². The summed E-state index contributed by atoms with van der Waals surface area (Å²) in [7, 11) is 0. The van der Waals surface area contributed by atoms with Gasteiger partial charge in [0.25, 0.3) is 0 Å². The van der Waals surface area contributed by atoms with E-state index < -0.39 is 0 Å². The molecule has 0 unspecified atom stereocenters. The predicted octanol–water partition coefficient (Wildman–Crippen LogP) is 2.77. The lowest BCUT2D eigenvalue weighted by molar-refractivity contribution is 0.458. The Bertz CT molecular complexity index is 626. The number of guanidine groups is 1. The third kappa shape index (κ3) is 4.58. The molecule has 1 aromatic carbocycles. The molecule has 0 aliphatic heterocycles. The summed E-state index contributed by atoms with van der Waals surface area (Å²) in [6.45, 7) is 8.78. The van der Waals surface area contributed by atoms with Gasteiger partial charge in [0.15, 0.2) is 5.96 Å². The summed E-state index contributed by atoms with van der Waals surface area (Å²) in [4.78, 5) is 6.54. The number of nitrogens with two attached hydrogens (primary N) is 1. The number of hydrogen-bond donors (Lipinski definition) is 1. The highest BCUT2D eigenvalue weighted by molar-refractivity contribution is 5.77. The molecule has 0 fully saturated rings. The SMILES string of the molecule is CCN(CC)C(N)=NCCCc1cn(-c2ccccc2)nc1C. The van der Waals surface area contributed by atoms with Crippen LogP contribution in [0.15, 0.2) is 41.5 Å². The molecule has 0 atom stereocenters. The number of benzene rings is 1. The quantitative estimate of drug-likeness (QED) is 0.486. The van der Waals surface area contributed by atoms with Crippen molar-refractivity contribution in [3.05, 3.63) is 47.8 Å². The first-order valence-corrected chi connectivity index (χ1v) is 8.31. The minimum atomic E-state index is 0.645. The molecule has 0 saturated carbocycles. The average Bonchev–Trinajstić information content (AvgIpc) is 2.94. The molecule has 2 N–H and O–H groups in total. The van der Waals surface area contributed by atoms with Gasteiger partial charge in [0.05, 0.1) is 11.4 Å². The Hall–Kier alpha value is -2.30. The van der Waals surface area contributed by atoms with Crippen LogP contribution in [0.3, 0.4) is 0 Å². The van der Waals surface area contributed by atoms with Gasteiger partial charge in [-0.25, -0.2) is 4.68 Å². The van der Waals surface area contributed by atoms with Gasteiger partial charge in [0, 0.05) is 25.8 Å². The van der Waals surface area contributed by atoms with Gasteiger partial charge in [-0.15, -0.1) is 0 Å². The Morgan fingerprint density at radius 1 is 1.22 bits per heavy atom. The van der Waals surface area contributed by atoms with Crippen molar-refractivity contribution in [2.45, 2.75) is 33.6 Å². The summed E-state index contributed by atoms with van der Waals surface area (Å²) in [5.74, 6) is 0.645. The molecule has 124 valence electrons. The van der Waals surface area contributed by atoms with E-state index in [4.69, 9.17) is 5.73 Å². The fraction of sp³-hybridized carbons (Fsp3) is 0.444. The number of rotatable bonds is 7. The Kier molecular flexibility index (Phi) is 6.20. The molecule has 1 heterocycles. The zero-order chi connectivity index (χ0) is 16.7. The predicted molar refractivity (Wildman–Crippen MR) is 96.0 cm³/mol. The summed E-state index contributed by atoms with van der Waals surface area (Å²) in [6, 6.07) is 10.2. The van der Waals surface area contributed by atoms with Crippen molar-refractivity contribution in [1.29, 1.82) is 0 Å². The molecule has 0 saturated heterocycles. The van der Waals surface area contributed by atoms with Crippen LogP contribution in [0.4, 0.5) is 0 Å². The van der Waals surface area contributed by atoms with Crippen molar-refractivity contribution in [3.63, 3.8) is 0 Å². The van der Waals surface area contributed by atoms with Crippen molar-refractivity contribution in [1.82, 2.24) is 14.7 Å². The summed E-state index contributed by atoms with van der Waals surface area (Å²) in [5, 5.41) is 4.60. The second-order valence-electron chi connectivity index (χ2n) is 5.54. The number of aryl methyl sites for hydroxylation is 2. The highest BCUT2D eigenvalue weighted by atomic mass is 15.3. The normalized spacial score (nSPS) is 11.7. The van der Waals surface area contributed by atoms with Crippen LogP contribution in [0.5, 0.6) is 0 Å². The van der Waals surface area contributed by atoms with E-state index in [1.54, 1.807) is 0 Å². The van der Waals surface area contributed by atoms with E-state index in [-0.39, 0.29) is 0 Å². The van der Waals surface area contributed by atoms with E-state index in [1.165, 1.54) is 5.56 Å². The molecule has 2 aromatic rings. The smallest absolute Gasteiger partial charge is 0.191 e. The molecule has 23 heavy (non-hydrogen) atoms. The van der Waals surface area contributed by atoms with Crippen LogP contribution >= 0.6 is 0 Å². The van der Waals surface area contributed by atoms with E-state index in [0.717, 1.165) is 43.9 Å². The van der Waals surface area contributed by atoms with Crippen LogP contribution in [-0.2, 0) is 6.42 Å². The molecule has 5 nitrogen and oxygen atoms in total. The van der Waals surface area contributed by atoms with E-state index in [1.807, 2.05) is 22.9 Å². The van der Waals surface area contributed by atoms with Gasteiger partial charge in [-0.3, -0.25) is 4.99 Å². The van der Waals surface area contributed by atoms with Crippen LogP contribution in [0, 0.1) is 6.92 Å². The Morgan fingerprint density at radius 3 is 2.57 bits per heavy atom. The standard InChI is InChI=1S/C18H27N5/c1-4-22(5-2)18(19)20-13-9-10-16-14-23(21-15(16)3)17-11-7-6-8-12-17/h6-8,11-12,14H,4-5,9-10,13H2,1-3H3,(H2,19,20). The van der Waals surface area contributed by atoms with E-state index in [2.05, 4.69) is 54.1 Å². The lowest BCUT2D eigenvalue weighted by Gasteiger charge is -2.19. The second-order valence-corrected chi connectivity index (χ2v) is 5.54. The largest absolute Gasteiger partial charge is 0.370 e. The second kappa shape index (κ2) is 8.36. The van der Waals surface area contributed by atoms with Crippen LogP contribution in [-0.4, -0.2) is 40.3 Å². The number of aromatic nitrogens is 2. The van der Waals surface area contributed by atoms with Crippen LogP contribution in [0.1, 0.15) is 31.5 Å². The molecule has 2 rings (SSSR count). The zero-order valence-electron chi connectivity index (χ0n) is 14.4. The minimum absolute atomic E-state index is 0.645. The first kappa shape index (κ1) is 17.1. The summed E-state index contributed by atoms with van der Waals surface area (Å²) in [6.07, 6.45) is 4.05. The Morgan fingerprint density at radius 2 is 1.91 bits per heavy atom. The third-order valence-corrected chi connectivity index (χ3v) is 3.99. The molecule has 1 aromatic heterocycles. The third-order valence-electron chi connectivity index (χ3n) is 3.99. The van der Waals surface area contributed by atoms with E-state index >= 15 is 0 Å². The molecule has 0 amide bonds. The minimum Gasteiger partial charge on any atom is -0.370 e. The fourth-order valence-electron chi connectivity index (χ4n) is 2.56. The van der Waals surface area contributed by atoms with Crippen molar-refractivity contribution < 1.29 is 0 Å². The van der Waals surface area contributed by atoms with Crippen LogP contribution in [0.2, 0.25) is 0 Å². The number of para-hydroxylation sites is 1. The molecule has 0 aliphatic carbocycles. The molecule has 0 aliphatic rings. The van der Waals surface area contributed by atoms with Gasteiger partial charge in [-0.05, 0) is 51.3 Å². The number of hydrogen-bond acceptors (Lipinski definition) is 2. The van der Waals surface area contributed by atoms with Crippen molar-refractivity contribution in [2.24, 2.45) is 10.7 Å². The maximum Gasteiger partial charge on any atom is 0.191 e. The van der Waals surface area contributed by atoms with Gasteiger partial charge < -0.3 is 10.6 Å². The molecule has 5 heteroatoms. The van der Waals surface area contributed by atoms with Crippen molar-refractivity contribution in [2.75, 3.05) is 19.6 Å². The van der Waals surface area contributed by atoms with E-state index in [9.17, 15) is 0 Å². The monoisotopic (exact) mass is 313 g/mol. The lowest BCUT2D eigenvalue weighted by Crippen LogP contribution is -2.37. The maximum atomic E-state index is 5.99. The van der Waals surface area contributed by atoms with Gasteiger partial charge in [0.2, 0.25) is 0 Å². The summed E-state index contributed by atoms with van der Waals surface area (Å²) in [5.41, 5.74) is 9.42. The van der Waals surface area contributed by atoms with Crippen LogP contribution in [0.25, 0.3) is 5.69 Å². The molecule has 0 radical (unpaired) electrons. The van der Waals surface area contributed by atoms with Crippen molar-refractivity contribution in [3.8, 4) is 5.69 Å². The maximum absolute atomic E-state index is 5.99. The number of nitrogens with zero attached hydrogens (tertiary/aromatic N) is 4. The highest BCUT2D eigenvalue weighted by Gasteiger charge is 2.06.